The molecule has 1 aromatic carbocycles. The Balaban J connectivity index is 3.17. The zero-order valence-electron chi connectivity index (χ0n) is 8.72. The summed E-state index contributed by atoms with van der Waals surface area (Å²) < 4.78 is 5.02. The largest absolute Gasteiger partial charge is 0.504 e. The fourth-order valence-corrected chi connectivity index (χ4v) is 1.66. The summed E-state index contributed by atoms with van der Waals surface area (Å²) in [6, 6.07) is 1.05. The summed E-state index contributed by atoms with van der Waals surface area (Å²) in [7, 11) is 0. The molecule has 0 saturated carbocycles. The third-order valence-corrected chi connectivity index (χ3v) is 2.50. The first-order valence-corrected chi connectivity index (χ1v) is 4.64. The predicted octanol–water partition coefficient (Wildman–Crippen LogP) is 1.21. The number of carboxylic acid groups (broad SMARTS) is 1. The lowest BCUT2D eigenvalue weighted by atomic mass is 10.0. The second-order valence-corrected chi connectivity index (χ2v) is 3.49. The Kier molecular flexibility index (Phi) is 2.27. The molecule has 0 fully saturated rings. The van der Waals surface area contributed by atoms with E-state index in [1.165, 1.54) is 6.92 Å². The highest BCUT2D eigenvalue weighted by molar-refractivity contribution is 6.06. The van der Waals surface area contributed by atoms with Crippen molar-refractivity contribution in [1.29, 1.82) is 0 Å². The Labute approximate surface area is 94.4 Å². The van der Waals surface area contributed by atoms with Gasteiger partial charge >= 0.3 is 5.97 Å². The van der Waals surface area contributed by atoms with Crippen molar-refractivity contribution in [3.05, 3.63) is 33.7 Å². The molecule has 2 rings (SSSR count). The first-order valence-electron chi connectivity index (χ1n) is 4.64. The number of carboxylic acids is 1. The molecular weight excluding hydrogens is 228 g/mol. The van der Waals surface area contributed by atoms with Gasteiger partial charge in [-0.15, -0.1) is 0 Å². The molecule has 0 aliphatic rings. The number of phenolic OH excluding ortho intramolecular Hbond substituents is 1. The molecule has 0 aliphatic heterocycles. The van der Waals surface area contributed by atoms with E-state index < -0.39 is 28.5 Å². The van der Waals surface area contributed by atoms with Gasteiger partial charge in [0.1, 0.15) is 11.1 Å². The molecule has 17 heavy (non-hydrogen) atoms. The average molecular weight is 236 g/mol. The van der Waals surface area contributed by atoms with E-state index in [4.69, 9.17) is 9.52 Å². The van der Waals surface area contributed by atoms with Crippen molar-refractivity contribution < 1.29 is 24.5 Å². The molecule has 0 radical (unpaired) electrons. The van der Waals surface area contributed by atoms with E-state index >= 15 is 0 Å². The predicted molar refractivity (Wildman–Crippen MR) is 57.5 cm³/mol. The van der Waals surface area contributed by atoms with E-state index in [9.17, 15) is 19.8 Å². The molecule has 0 unspecified atom stereocenters. The molecule has 6 heteroatoms. The average Bonchev–Trinajstić information content (AvgIpc) is 2.27. The number of fused-ring (bicyclic) bond motifs is 1. The number of aromatic carboxylic acids is 1. The van der Waals surface area contributed by atoms with Gasteiger partial charge in [-0.1, -0.05) is 0 Å². The lowest BCUT2D eigenvalue weighted by Crippen LogP contribution is -2.08. The summed E-state index contributed by atoms with van der Waals surface area (Å²) in [6.07, 6.45) is 1.10. The van der Waals surface area contributed by atoms with Crippen LogP contribution < -0.4 is 5.43 Å². The number of benzene rings is 1. The third kappa shape index (κ3) is 1.42. The van der Waals surface area contributed by atoms with Gasteiger partial charge in [0.05, 0.1) is 11.6 Å². The van der Waals surface area contributed by atoms with Crippen LogP contribution in [0.1, 0.15) is 15.9 Å². The molecule has 6 nitrogen and oxygen atoms in total. The van der Waals surface area contributed by atoms with E-state index in [0.29, 0.717) is 0 Å². The van der Waals surface area contributed by atoms with Crippen molar-refractivity contribution in [2.45, 2.75) is 6.92 Å². The van der Waals surface area contributed by atoms with Crippen molar-refractivity contribution in [2.75, 3.05) is 0 Å². The molecule has 1 heterocycles. The molecule has 1 aromatic heterocycles. The Morgan fingerprint density at radius 2 is 1.94 bits per heavy atom. The fourth-order valence-electron chi connectivity index (χ4n) is 1.66. The van der Waals surface area contributed by atoms with Crippen molar-refractivity contribution in [3.63, 3.8) is 0 Å². The van der Waals surface area contributed by atoms with Crippen LogP contribution in [0.15, 0.2) is 21.5 Å². The van der Waals surface area contributed by atoms with Gasteiger partial charge in [0.25, 0.3) is 0 Å². The van der Waals surface area contributed by atoms with Gasteiger partial charge in [0.2, 0.25) is 0 Å². The number of phenols is 2. The Morgan fingerprint density at radius 1 is 1.29 bits per heavy atom. The van der Waals surface area contributed by atoms with E-state index in [2.05, 4.69) is 0 Å². The standard InChI is InChI=1S/C11H8O6/c1-4-8(13)9(14)7(11(15)16)6-5(12)2-3-17-10(4)6/h2-3,13-14H,1H3,(H,15,16). The summed E-state index contributed by atoms with van der Waals surface area (Å²) in [6.45, 7) is 1.41. The Bertz CT molecular complexity index is 682. The second kappa shape index (κ2) is 3.51. The van der Waals surface area contributed by atoms with Crippen LogP contribution >= 0.6 is 0 Å². The maximum atomic E-state index is 11.6. The van der Waals surface area contributed by atoms with E-state index in [0.717, 1.165) is 12.3 Å². The normalized spacial score (nSPS) is 10.6. The summed E-state index contributed by atoms with van der Waals surface area (Å²) in [5.41, 5.74) is -1.19. The number of aryl methyl sites for hydroxylation is 1. The van der Waals surface area contributed by atoms with Gasteiger partial charge in [-0.05, 0) is 6.92 Å². The molecule has 88 valence electrons. The van der Waals surface area contributed by atoms with Crippen LogP contribution in [0.2, 0.25) is 0 Å². The van der Waals surface area contributed by atoms with Crippen molar-refractivity contribution in [2.24, 2.45) is 0 Å². The highest BCUT2D eigenvalue weighted by Crippen LogP contribution is 2.38. The van der Waals surface area contributed by atoms with Gasteiger partial charge in [-0.25, -0.2) is 4.79 Å². The van der Waals surface area contributed by atoms with E-state index in [1.54, 1.807) is 0 Å². The van der Waals surface area contributed by atoms with Gasteiger partial charge in [-0.2, -0.15) is 0 Å². The minimum atomic E-state index is -1.51. The SMILES string of the molecule is Cc1c(O)c(O)c(C(=O)O)c2c(=O)ccoc12. The minimum Gasteiger partial charge on any atom is -0.504 e. The van der Waals surface area contributed by atoms with Gasteiger partial charge in [0, 0.05) is 11.6 Å². The quantitative estimate of drug-likeness (QED) is 0.642. The van der Waals surface area contributed by atoms with Crippen molar-refractivity contribution in [3.8, 4) is 11.5 Å². The number of aromatic hydroxyl groups is 2. The van der Waals surface area contributed by atoms with Crippen LogP contribution in [0.25, 0.3) is 11.0 Å². The van der Waals surface area contributed by atoms with Crippen LogP contribution in [0.4, 0.5) is 0 Å². The smallest absolute Gasteiger partial charge is 0.340 e. The van der Waals surface area contributed by atoms with Gasteiger partial charge in [0.15, 0.2) is 16.9 Å². The summed E-state index contributed by atoms with van der Waals surface area (Å²) in [5.74, 6) is -2.95. The molecule has 0 spiro atoms. The van der Waals surface area contributed by atoms with Crippen LogP contribution in [0, 0.1) is 6.92 Å². The number of carbonyl (C=O) groups is 1. The number of hydrogen-bond acceptors (Lipinski definition) is 5. The van der Waals surface area contributed by atoms with Crippen LogP contribution in [-0.2, 0) is 0 Å². The highest BCUT2D eigenvalue weighted by atomic mass is 16.4. The first-order chi connectivity index (χ1) is 7.95. The van der Waals surface area contributed by atoms with Crippen LogP contribution in [-0.4, -0.2) is 21.3 Å². The highest BCUT2D eigenvalue weighted by Gasteiger charge is 2.24. The lowest BCUT2D eigenvalue weighted by Gasteiger charge is -2.09. The second-order valence-electron chi connectivity index (χ2n) is 3.49. The molecule has 0 aliphatic carbocycles. The zero-order chi connectivity index (χ0) is 12.7. The molecule has 0 bridgehead atoms. The Morgan fingerprint density at radius 3 is 2.53 bits per heavy atom. The molecule has 0 amide bonds. The molecule has 3 N–H and O–H groups in total. The number of hydrogen-bond donors (Lipinski definition) is 3. The third-order valence-electron chi connectivity index (χ3n) is 2.50. The van der Waals surface area contributed by atoms with E-state index in [-0.39, 0.29) is 16.5 Å². The minimum absolute atomic E-state index is 0.0507. The summed E-state index contributed by atoms with van der Waals surface area (Å²) in [4.78, 5) is 22.6. The van der Waals surface area contributed by atoms with Gasteiger partial charge < -0.3 is 19.7 Å². The molecular formula is C11H8O6. The zero-order valence-corrected chi connectivity index (χ0v) is 8.72. The maximum Gasteiger partial charge on any atom is 0.340 e. The fraction of sp³-hybridized carbons (Fsp3) is 0.0909. The topological polar surface area (TPSA) is 108 Å². The molecule has 2 aromatic rings. The lowest BCUT2D eigenvalue weighted by molar-refractivity contribution is 0.0695. The van der Waals surface area contributed by atoms with Crippen LogP contribution in [0.5, 0.6) is 11.5 Å². The summed E-state index contributed by atoms with van der Waals surface area (Å²) in [5, 5.41) is 27.8. The first kappa shape index (κ1) is 11.0. The summed E-state index contributed by atoms with van der Waals surface area (Å²) >= 11 is 0. The van der Waals surface area contributed by atoms with E-state index in [1.807, 2.05) is 0 Å². The van der Waals surface area contributed by atoms with Gasteiger partial charge in [-0.3, -0.25) is 4.79 Å². The maximum absolute atomic E-state index is 11.6. The number of rotatable bonds is 1. The van der Waals surface area contributed by atoms with Crippen molar-refractivity contribution in [1.82, 2.24) is 0 Å². The van der Waals surface area contributed by atoms with Crippen molar-refractivity contribution >= 4 is 16.9 Å². The van der Waals surface area contributed by atoms with Crippen LogP contribution in [0.3, 0.4) is 0 Å². The monoisotopic (exact) mass is 236 g/mol. The Hall–Kier alpha value is -2.50. The molecule has 0 atom stereocenters. The molecule has 0 saturated heterocycles.